The summed E-state index contributed by atoms with van der Waals surface area (Å²) in [4.78, 5) is 0. The first-order chi connectivity index (χ1) is 10.0. The summed E-state index contributed by atoms with van der Waals surface area (Å²) >= 11 is 15.6. The van der Waals surface area contributed by atoms with E-state index in [1.807, 2.05) is 18.2 Å². The SMILES string of the molecule is CCC(N)Cc1ccc(Oc2cccc(Cl)c2Cl)cc1Br. The zero-order valence-corrected chi connectivity index (χ0v) is 14.7. The van der Waals surface area contributed by atoms with Crippen LogP contribution in [-0.2, 0) is 6.42 Å². The number of ether oxygens (including phenoxy) is 1. The largest absolute Gasteiger partial charge is 0.456 e. The Morgan fingerprint density at radius 2 is 2.00 bits per heavy atom. The average molecular weight is 389 g/mol. The molecular formula is C16H16BrCl2NO. The lowest BCUT2D eigenvalue weighted by molar-refractivity contribution is 0.482. The Morgan fingerprint density at radius 3 is 2.67 bits per heavy atom. The first-order valence-electron chi connectivity index (χ1n) is 6.67. The van der Waals surface area contributed by atoms with Crippen molar-refractivity contribution >= 4 is 39.1 Å². The lowest BCUT2D eigenvalue weighted by Crippen LogP contribution is -2.21. The number of halogens is 3. The van der Waals surface area contributed by atoms with E-state index in [0.717, 1.165) is 22.9 Å². The van der Waals surface area contributed by atoms with Crippen molar-refractivity contribution in [3.63, 3.8) is 0 Å². The topological polar surface area (TPSA) is 35.2 Å². The highest BCUT2D eigenvalue weighted by molar-refractivity contribution is 9.10. The summed E-state index contributed by atoms with van der Waals surface area (Å²) in [6.45, 7) is 2.08. The molecule has 0 spiro atoms. The standard InChI is InChI=1S/C16H16BrCl2NO/c1-2-11(20)8-10-6-7-12(9-13(10)17)21-15-5-3-4-14(18)16(15)19/h3-7,9,11H,2,8,20H2,1H3. The van der Waals surface area contributed by atoms with Gasteiger partial charge in [0.15, 0.2) is 0 Å². The molecule has 0 fully saturated rings. The highest BCUT2D eigenvalue weighted by Gasteiger charge is 2.09. The van der Waals surface area contributed by atoms with Gasteiger partial charge in [-0.25, -0.2) is 0 Å². The third kappa shape index (κ3) is 4.36. The van der Waals surface area contributed by atoms with Gasteiger partial charge in [-0.15, -0.1) is 0 Å². The second-order valence-electron chi connectivity index (χ2n) is 4.78. The molecule has 2 aromatic carbocycles. The third-order valence-electron chi connectivity index (χ3n) is 3.17. The number of hydrogen-bond donors (Lipinski definition) is 1. The van der Waals surface area contributed by atoms with Crippen molar-refractivity contribution in [1.82, 2.24) is 0 Å². The fourth-order valence-electron chi connectivity index (χ4n) is 1.87. The summed E-state index contributed by atoms with van der Waals surface area (Å²) in [7, 11) is 0. The molecule has 2 aromatic rings. The molecule has 2 rings (SSSR count). The van der Waals surface area contributed by atoms with Gasteiger partial charge in [0.2, 0.25) is 0 Å². The Labute approximate surface area is 143 Å². The maximum absolute atomic E-state index is 6.12. The van der Waals surface area contributed by atoms with E-state index in [4.69, 9.17) is 33.7 Å². The first kappa shape index (κ1) is 16.6. The monoisotopic (exact) mass is 387 g/mol. The molecule has 2 N–H and O–H groups in total. The predicted octanol–water partition coefficient (Wildman–Crippen LogP) is 5.83. The molecular weight excluding hydrogens is 373 g/mol. The molecule has 0 radical (unpaired) electrons. The van der Waals surface area contributed by atoms with E-state index in [1.54, 1.807) is 18.2 Å². The number of nitrogens with two attached hydrogens (primary N) is 1. The summed E-state index contributed by atoms with van der Waals surface area (Å²) in [6.07, 6.45) is 1.78. The van der Waals surface area contributed by atoms with Gasteiger partial charge < -0.3 is 10.5 Å². The highest BCUT2D eigenvalue weighted by Crippen LogP contribution is 2.35. The molecule has 1 unspecified atom stereocenters. The molecule has 112 valence electrons. The lowest BCUT2D eigenvalue weighted by atomic mass is 10.0. The second kappa shape index (κ2) is 7.50. The van der Waals surface area contributed by atoms with Crippen LogP contribution in [0.5, 0.6) is 11.5 Å². The zero-order chi connectivity index (χ0) is 15.4. The first-order valence-corrected chi connectivity index (χ1v) is 8.22. The molecule has 0 bridgehead atoms. The third-order valence-corrected chi connectivity index (χ3v) is 4.71. The minimum atomic E-state index is 0.162. The minimum Gasteiger partial charge on any atom is -0.456 e. The van der Waals surface area contributed by atoms with Crippen LogP contribution in [0.4, 0.5) is 0 Å². The number of hydrogen-bond acceptors (Lipinski definition) is 2. The van der Waals surface area contributed by atoms with Crippen molar-refractivity contribution in [3.05, 3.63) is 56.5 Å². The van der Waals surface area contributed by atoms with E-state index in [2.05, 4.69) is 22.9 Å². The fourth-order valence-corrected chi connectivity index (χ4v) is 2.72. The van der Waals surface area contributed by atoms with Crippen LogP contribution >= 0.6 is 39.1 Å². The summed E-state index contributed by atoms with van der Waals surface area (Å²) in [5.41, 5.74) is 7.15. The summed E-state index contributed by atoms with van der Waals surface area (Å²) < 4.78 is 6.75. The van der Waals surface area contributed by atoms with E-state index in [1.165, 1.54) is 0 Å². The minimum absolute atomic E-state index is 0.162. The van der Waals surface area contributed by atoms with Crippen LogP contribution in [0.25, 0.3) is 0 Å². The Balaban J connectivity index is 2.18. The van der Waals surface area contributed by atoms with Gasteiger partial charge >= 0.3 is 0 Å². The molecule has 21 heavy (non-hydrogen) atoms. The van der Waals surface area contributed by atoms with Crippen LogP contribution in [0.2, 0.25) is 10.0 Å². The molecule has 2 nitrogen and oxygen atoms in total. The average Bonchev–Trinajstić information content (AvgIpc) is 2.46. The van der Waals surface area contributed by atoms with Crippen LogP contribution in [0.1, 0.15) is 18.9 Å². The Bertz CT molecular complexity index is 634. The number of benzene rings is 2. The normalized spacial score (nSPS) is 12.2. The van der Waals surface area contributed by atoms with E-state index in [0.29, 0.717) is 21.5 Å². The van der Waals surface area contributed by atoms with Gasteiger partial charge in [-0.3, -0.25) is 0 Å². The zero-order valence-electron chi connectivity index (χ0n) is 11.6. The van der Waals surface area contributed by atoms with Gasteiger partial charge in [0, 0.05) is 10.5 Å². The quantitative estimate of drug-likeness (QED) is 0.699. The molecule has 0 heterocycles. The van der Waals surface area contributed by atoms with Crippen LogP contribution in [0, 0.1) is 0 Å². The van der Waals surface area contributed by atoms with Gasteiger partial charge in [0.25, 0.3) is 0 Å². The molecule has 0 aliphatic carbocycles. The Kier molecular flexibility index (Phi) is 5.94. The fraction of sp³-hybridized carbons (Fsp3) is 0.250. The predicted molar refractivity (Wildman–Crippen MR) is 92.6 cm³/mol. The van der Waals surface area contributed by atoms with Crippen molar-refractivity contribution in [1.29, 1.82) is 0 Å². The highest BCUT2D eigenvalue weighted by atomic mass is 79.9. The van der Waals surface area contributed by atoms with Gasteiger partial charge in [-0.2, -0.15) is 0 Å². The van der Waals surface area contributed by atoms with Crippen molar-refractivity contribution in [3.8, 4) is 11.5 Å². The lowest BCUT2D eigenvalue weighted by Gasteiger charge is -2.13. The van der Waals surface area contributed by atoms with Crippen molar-refractivity contribution in [2.45, 2.75) is 25.8 Å². The second-order valence-corrected chi connectivity index (χ2v) is 6.42. The van der Waals surface area contributed by atoms with Crippen LogP contribution in [0.15, 0.2) is 40.9 Å². The van der Waals surface area contributed by atoms with Crippen molar-refractivity contribution < 1.29 is 4.74 Å². The van der Waals surface area contributed by atoms with E-state index in [-0.39, 0.29) is 6.04 Å². The van der Waals surface area contributed by atoms with E-state index >= 15 is 0 Å². The van der Waals surface area contributed by atoms with Crippen molar-refractivity contribution in [2.24, 2.45) is 5.73 Å². The van der Waals surface area contributed by atoms with E-state index < -0.39 is 0 Å². The van der Waals surface area contributed by atoms with Gasteiger partial charge in [0.05, 0.1) is 5.02 Å². The van der Waals surface area contributed by atoms with Gasteiger partial charge in [-0.1, -0.05) is 58.2 Å². The molecule has 0 saturated heterocycles. The number of rotatable bonds is 5. The molecule has 0 amide bonds. The van der Waals surface area contributed by atoms with Gasteiger partial charge in [0.1, 0.15) is 16.5 Å². The Morgan fingerprint density at radius 1 is 1.24 bits per heavy atom. The smallest absolute Gasteiger partial charge is 0.147 e. The van der Waals surface area contributed by atoms with Gasteiger partial charge in [-0.05, 0) is 42.7 Å². The summed E-state index contributed by atoms with van der Waals surface area (Å²) in [5, 5.41) is 0.881. The molecule has 5 heteroatoms. The molecule has 0 aliphatic heterocycles. The van der Waals surface area contributed by atoms with Crippen LogP contribution in [-0.4, -0.2) is 6.04 Å². The van der Waals surface area contributed by atoms with Crippen molar-refractivity contribution in [2.75, 3.05) is 0 Å². The van der Waals surface area contributed by atoms with E-state index in [9.17, 15) is 0 Å². The summed E-state index contributed by atoms with van der Waals surface area (Å²) in [6, 6.07) is 11.3. The van der Waals surface area contributed by atoms with Crippen LogP contribution in [0.3, 0.4) is 0 Å². The Hall–Kier alpha value is -0.740. The van der Waals surface area contributed by atoms with Crippen LogP contribution < -0.4 is 10.5 Å². The molecule has 0 aliphatic rings. The summed E-state index contributed by atoms with van der Waals surface area (Å²) in [5.74, 6) is 1.23. The maximum atomic E-state index is 6.12. The maximum Gasteiger partial charge on any atom is 0.147 e. The molecule has 1 atom stereocenters. The molecule has 0 aromatic heterocycles. The molecule has 0 saturated carbocycles.